The second-order valence-corrected chi connectivity index (χ2v) is 6.15. The van der Waals surface area contributed by atoms with E-state index in [2.05, 4.69) is 9.97 Å². The first kappa shape index (κ1) is 17.8. The lowest BCUT2D eigenvalue weighted by molar-refractivity contribution is -0.169. The predicted molar refractivity (Wildman–Crippen MR) is 82.5 cm³/mol. The molecule has 0 unspecified atom stereocenters. The van der Waals surface area contributed by atoms with E-state index in [1.807, 2.05) is 0 Å². The molecule has 1 aromatic carbocycles. The number of rotatable bonds is 5. The van der Waals surface area contributed by atoms with E-state index in [1.54, 1.807) is 0 Å². The standard InChI is InChI=1S/C14H13ClF3N3OS/c1-21(23-12-8-19-7-11(20-12)22-2)13(14(16,17)18)9-3-5-10(15)6-4-9/h3-8,13H,1-2H3/t13-/m1/s1. The summed E-state index contributed by atoms with van der Waals surface area (Å²) < 4.78 is 46.4. The first-order valence-corrected chi connectivity index (χ1v) is 7.55. The van der Waals surface area contributed by atoms with Crippen LogP contribution in [0.2, 0.25) is 5.02 Å². The van der Waals surface area contributed by atoms with E-state index in [0.717, 1.165) is 16.3 Å². The molecule has 0 amide bonds. The Kier molecular flexibility index (Phi) is 5.72. The van der Waals surface area contributed by atoms with Crippen LogP contribution >= 0.6 is 23.5 Å². The fourth-order valence-corrected chi connectivity index (χ4v) is 2.93. The van der Waals surface area contributed by atoms with E-state index >= 15 is 0 Å². The van der Waals surface area contributed by atoms with Gasteiger partial charge in [-0.1, -0.05) is 23.7 Å². The van der Waals surface area contributed by atoms with E-state index < -0.39 is 12.2 Å². The summed E-state index contributed by atoms with van der Waals surface area (Å²) in [6.45, 7) is 0. The van der Waals surface area contributed by atoms with Gasteiger partial charge in [0.15, 0.2) is 0 Å². The van der Waals surface area contributed by atoms with Gasteiger partial charge in [-0.05, 0) is 36.7 Å². The number of hydrogen-bond acceptors (Lipinski definition) is 5. The maximum Gasteiger partial charge on any atom is 0.408 e. The van der Waals surface area contributed by atoms with Gasteiger partial charge in [0.05, 0.1) is 19.5 Å². The molecule has 0 saturated carbocycles. The molecule has 124 valence electrons. The lowest BCUT2D eigenvalue weighted by Gasteiger charge is -2.28. The van der Waals surface area contributed by atoms with Gasteiger partial charge in [-0.2, -0.15) is 13.2 Å². The molecule has 1 aromatic heterocycles. The molecule has 0 N–H and O–H groups in total. The van der Waals surface area contributed by atoms with Crippen LogP contribution < -0.4 is 4.74 Å². The Morgan fingerprint density at radius 3 is 2.43 bits per heavy atom. The van der Waals surface area contributed by atoms with Crippen LogP contribution in [0.4, 0.5) is 13.2 Å². The van der Waals surface area contributed by atoms with Gasteiger partial charge in [-0.25, -0.2) is 9.29 Å². The zero-order valence-electron chi connectivity index (χ0n) is 12.2. The fourth-order valence-electron chi connectivity index (χ4n) is 1.92. The highest BCUT2D eigenvalue weighted by molar-refractivity contribution is 7.97. The quantitative estimate of drug-likeness (QED) is 0.737. The van der Waals surface area contributed by atoms with Gasteiger partial charge in [-0.3, -0.25) is 4.98 Å². The molecule has 0 spiro atoms. The number of alkyl halides is 3. The molecule has 0 bridgehead atoms. The highest BCUT2D eigenvalue weighted by atomic mass is 35.5. The first-order valence-electron chi connectivity index (χ1n) is 6.40. The SMILES string of the molecule is COc1cncc(SN(C)[C@H](c2ccc(Cl)cc2)C(F)(F)F)n1. The van der Waals surface area contributed by atoms with Crippen molar-refractivity contribution in [3.05, 3.63) is 47.2 Å². The van der Waals surface area contributed by atoms with E-state index in [9.17, 15) is 13.2 Å². The third kappa shape index (κ3) is 4.73. The molecular weight excluding hydrogens is 351 g/mol. The summed E-state index contributed by atoms with van der Waals surface area (Å²) in [4.78, 5) is 7.93. The molecule has 0 aliphatic carbocycles. The maximum atomic E-state index is 13.5. The summed E-state index contributed by atoms with van der Waals surface area (Å²) >= 11 is 6.57. The molecule has 2 aromatic rings. The van der Waals surface area contributed by atoms with Crippen molar-refractivity contribution >= 4 is 23.5 Å². The van der Waals surface area contributed by atoms with Crippen molar-refractivity contribution in [2.24, 2.45) is 0 Å². The third-order valence-corrected chi connectivity index (χ3v) is 4.03. The van der Waals surface area contributed by atoms with Gasteiger partial charge in [-0.15, -0.1) is 0 Å². The molecular formula is C14H13ClF3N3OS. The third-order valence-electron chi connectivity index (χ3n) is 2.90. The normalized spacial score (nSPS) is 13.2. The molecule has 23 heavy (non-hydrogen) atoms. The van der Waals surface area contributed by atoms with E-state index in [0.29, 0.717) is 10.0 Å². The minimum absolute atomic E-state index is 0.0905. The van der Waals surface area contributed by atoms with Crippen LogP contribution in [0, 0.1) is 0 Å². The summed E-state index contributed by atoms with van der Waals surface area (Å²) in [5, 5.41) is 0.679. The van der Waals surface area contributed by atoms with Crippen LogP contribution in [-0.2, 0) is 0 Å². The Bertz CT molecular complexity index is 654. The lowest BCUT2D eigenvalue weighted by atomic mass is 10.1. The molecule has 1 heterocycles. The summed E-state index contributed by atoms with van der Waals surface area (Å²) in [6, 6.07) is 3.76. The molecule has 0 radical (unpaired) electrons. The Labute approximate surface area is 140 Å². The number of nitrogens with zero attached hydrogens (tertiary/aromatic N) is 3. The molecule has 1 atom stereocenters. The number of benzene rings is 1. The van der Waals surface area contributed by atoms with Gasteiger partial charge in [0.1, 0.15) is 11.1 Å². The van der Waals surface area contributed by atoms with Crippen molar-refractivity contribution in [3.8, 4) is 5.88 Å². The topological polar surface area (TPSA) is 38.2 Å². The molecule has 0 fully saturated rings. The summed E-state index contributed by atoms with van der Waals surface area (Å²) in [5.41, 5.74) is 0.0905. The summed E-state index contributed by atoms with van der Waals surface area (Å²) in [5.74, 6) is 0.235. The minimum atomic E-state index is -4.46. The number of ether oxygens (including phenoxy) is 1. The smallest absolute Gasteiger partial charge is 0.408 e. The number of hydrogen-bond donors (Lipinski definition) is 0. The van der Waals surface area contributed by atoms with Crippen molar-refractivity contribution in [1.82, 2.24) is 14.3 Å². The van der Waals surface area contributed by atoms with Gasteiger partial charge in [0.2, 0.25) is 5.88 Å². The van der Waals surface area contributed by atoms with Gasteiger partial charge < -0.3 is 4.74 Å². The second kappa shape index (κ2) is 7.37. The predicted octanol–water partition coefficient (Wildman–Crippen LogP) is 4.38. The Morgan fingerprint density at radius 1 is 1.22 bits per heavy atom. The average molecular weight is 364 g/mol. The van der Waals surface area contributed by atoms with Crippen LogP contribution in [0.15, 0.2) is 41.7 Å². The van der Waals surface area contributed by atoms with Crippen LogP contribution in [-0.4, -0.2) is 34.6 Å². The van der Waals surface area contributed by atoms with E-state index in [-0.39, 0.29) is 11.4 Å². The summed E-state index contributed by atoms with van der Waals surface area (Å²) in [7, 11) is 2.76. The highest BCUT2D eigenvalue weighted by Gasteiger charge is 2.44. The molecule has 0 aliphatic rings. The second-order valence-electron chi connectivity index (χ2n) is 4.53. The highest BCUT2D eigenvalue weighted by Crippen LogP contribution is 2.41. The van der Waals surface area contributed by atoms with Crippen molar-refractivity contribution < 1.29 is 17.9 Å². The first-order chi connectivity index (χ1) is 10.8. The summed E-state index contributed by atoms with van der Waals surface area (Å²) in [6.07, 6.45) is -1.70. The lowest BCUT2D eigenvalue weighted by Crippen LogP contribution is -2.32. The minimum Gasteiger partial charge on any atom is -0.480 e. The van der Waals surface area contributed by atoms with Crippen LogP contribution in [0.1, 0.15) is 11.6 Å². The molecule has 9 heteroatoms. The zero-order chi connectivity index (χ0) is 17.0. The van der Waals surface area contributed by atoms with Crippen LogP contribution in [0.3, 0.4) is 0 Å². The van der Waals surface area contributed by atoms with Gasteiger partial charge in [0, 0.05) is 5.02 Å². The van der Waals surface area contributed by atoms with E-state index in [4.69, 9.17) is 16.3 Å². The largest absolute Gasteiger partial charge is 0.480 e. The molecule has 4 nitrogen and oxygen atoms in total. The Balaban J connectivity index is 2.26. The van der Waals surface area contributed by atoms with Crippen molar-refractivity contribution in [2.45, 2.75) is 17.2 Å². The van der Waals surface area contributed by atoms with Gasteiger partial charge in [0.25, 0.3) is 0 Å². The van der Waals surface area contributed by atoms with E-state index in [1.165, 1.54) is 50.8 Å². The average Bonchev–Trinajstić information content (AvgIpc) is 2.48. The number of aromatic nitrogens is 2. The molecule has 0 saturated heterocycles. The van der Waals surface area contributed by atoms with Crippen LogP contribution in [0.25, 0.3) is 0 Å². The Morgan fingerprint density at radius 2 is 1.87 bits per heavy atom. The zero-order valence-corrected chi connectivity index (χ0v) is 13.8. The molecule has 2 rings (SSSR count). The Hall–Kier alpha value is -1.51. The van der Waals surface area contributed by atoms with Crippen molar-refractivity contribution in [3.63, 3.8) is 0 Å². The van der Waals surface area contributed by atoms with Crippen LogP contribution in [0.5, 0.6) is 5.88 Å². The molecule has 0 aliphatic heterocycles. The van der Waals surface area contributed by atoms with Crippen molar-refractivity contribution in [1.29, 1.82) is 0 Å². The maximum absolute atomic E-state index is 13.5. The fraction of sp³-hybridized carbons (Fsp3) is 0.286. The number of halogens is 4. The van der Waals surface area contributed by atoms with Crippen molar-refractivity contribution in [2.75, 3.05) is 14.2 Å². The number of methoxy groups -OCH3 is 1. The monoisotopic (exact) mass is 363 g/mol. The van der Waals surface area contributed by atoms with Gasteiger partial charge >= 0.3 is 6.18 Å².